The molecule has 0 heterocycles. The Labute approximate surface area is 179 Å². The molecule has 0 aromatic heterocycles. The van der Waals surface area contributed by atoms with Gasteiger partial charge in [0.15, 0.2) is 8.32 Å². The average molecular weight is 489 g/mol. The Hall–Kier alpha value is 1.21. The molecule has 0 spiro atoms. The van der Waals surface area contributed by atoms with E-state index in [1.165, 1.54) is 0 Å². The van der Waals surface area contributed by atoms with Gasteiger partial charge in [-0.3, -0.25) is 0 Å². The summed E-state index contributed by atoms with van der Waals surface area (Å²) in [6, 6.07) is 1.91. The van der Waals surface area contributed by atoms with Crippen molar-refractivity contribution in [2.45, 2.75) is 98.7 Å². The zero-order chi connectivity index (χ0) is 21.9. The molecule has 4 nitrogen and oxygen atoms in total. The first kappa shape index (κ1) is 28.2. The quantitative estimate of drug-likeness (QED) is 0.219. The van der Waals surface area contributed by atoms with Gasteiger partial charge in [-0.2, -0.15) is 0 Å². The third kappa shape index (κ3) is 14.0. The number of halogens is 1. The van der Waals surface area contributed by atoms with E-state index in [9.17, 15) is 0 Å². The van der Waals surface area contributed by atoms with Crippen molar-refractivity contribution < 1.29 is 16.5 Å². The van der Waals surface area contributed by atoms with Gasteiger partial charge >= 0.3 is 25.7 Å². The Morgan fingerprint density at radius 1 is 0.556 bits per heavy atom. The van der Waals surface area contributed by atoms with Gasteiger partial charge in [-0.1, -0.05) is 27.7 Å². The average Bonchev–Trinajstić information content (AvgIpc) is 2.14. The second-order valence-corrected chi connectivity index (χ2v) is 31.3. The minimum absolute atomic E-state index is 0.524. The lowest BCUT2D eigenvalue weighted by Crippen LogP contribution is -2.58. The van der Waals surface area contributed by atoms with Crippen molar-refractivity contribution >= 4 is 52.7 Å². The van der Waals surface area contributed by atoms with Crippen molar-refractivity contribution in [3.8, 4) is 0 Å². The second-order valence-electron chi connectivity index (χ2n) is 10.8. The fourth-order valence-electron chi connectivity index (χ4n) is 3.81. The molecule has 0 aromatic rings. The van der Waals surface area contributed by atoms with E-state index in [-0.39, 0.29) is 0 Å². The first-order chi connectivity index (χ1) is 11.7. The molecule has 0 amide bonds. The summed E-state index contributed by atoms with van der Waals surface area (Å²) in [6.45, 7) is 28.2. The third-order valence-corrected chi connectivity index (χ3v) is 23.6. The third-order valence-electron chi connectivity index (χ3n) is 3.39. The molecule has 0 saturated carbocycles. The van der Waals surface area contributed by atoms with Crippen molar-refractivity contribution in [1.29, 1.82) is 0 Å². The van der Waals surface area contributed by atoms with Crippen molar-refractivity contribution in [1.82, 2.24) is 0 Å². The summed E-state index contributed by atoms with van der Waals surface area (Å²) >= 11 is 7.10. The van der Waals surface area contributed by atoms with Crippen LogP contribution in [0.3, 0.4) is 0 Å². The summed E-state index contributed by atoms with van der Waals surface area (Å²) in [6.07, 6.45) is 0. The molecule has 0 bridgehead atoms. The van der Waals surface area contributed by atoms with Crippen LogP contribution >= 0.6 is 11.1 Å². The van der Waals surface area contributed by atoms with Crippen molar-refractivity contribution in [2.75, 3.05) is 0 Å². The maximum Gasteiger partial charge on any atom is 0.314 e. The SMILES string of the molecule is CC(C)C[Si](Cl)(CC(C)C)O[Si](C)(C)O[Si](C)(C)O[Si](C)(C)O[Si](C)(C)C. The topological polar surface area (TPSA) is 36.9 Å². The Morgan fingerprint density at radius 3 is 1.15 bits per heavy atom. The first-order valence-corrected chi connectivity index (χ1v) is 25.3. The Bertz CT molecular complexity index is 455. The van der Waals surface area contributed by atoms with Crippen LogP contribution in [0.1, 0.15) is 27.7 Å². The van der Waals surface area contributed by atoms with Gasteiger partial charge in [-0.25, -0.2) is 0 Å². The molecule has 0 atom stereocenters. The molecule has 0 unspecified atom stereocenters. The summed E-state index contributed by atoms with van der Waals surface area (Å²) in [5.74, 6) is 1.05. The molecule has 0 aromatic carbocycles. The summed E-state index contributed by atoms with van der Waals surface area (Å²) in [5.41, 5.74) is 0. The van der Waals surface area contributed by atoms with Crippen molar-refractivity contribution in [2.24, 2.45) is 11.8 Å². The van der Waals surface area contributed by atoms with E-state index in [0.717, 1.165) is 12.1 Å². The molecule has 0 rings (SSSR count). The van der Waals surface area contributed by atoms with E-state index in [1.807, 2.05) is 0 Å². The smallest absolute Gasteiger partial charge is 0.314 e. The standard InChI is InChI=1S/C17H45ClO4Si5/c1-16(2)14-27(18,15-17(3)4)22-26(12,13)21-25(10,11)20-24(8,9)19-23(5,6)7/h16-17H,14-15H2,1-13H3. The minimum atomic E-state index is -2.42. The lowest BCUT2D eigenvalue weighted by molar-refractivity contribution is 0.298. The minimum Gasteiger partial charge on any atom is -0.437 e. The molecule has 0 aliphatic rings. The molecular formula is C17H45ClO4Si5. The molecule has 27 heavy (non-hydrogen) atoms. The summed E-state index contributed by atoms with van der Waals surface area (Å²) in [7, 11) is -11.1. The van der Waals surface area contributed by atoms with E-state index in [4.69, 9.17) is 27.5 Å². The van der Waals surface area contributed by atoms with Gasteiger partial charge in [-0.15, -0.1) is 11.1 Å². The van der Waals surface area contributed by atoms with Gasteiger partial charge < -0.3 is 16.5 Å². The lowest BCUT2D eigenvalue weighted by Gasteiger charge is -2.42. The van der Waals surface area contributed by atoms with Gasteiger partial charge in [0.05, 0.1) is 0 Å². The fourth-order valence-corrected chi connectivity index (χ4v) is 31.1. The highest BCUT2D eigenvalue weighted by atomic mass is 35.6. The van der Waals surface area contributed by atoms with Crippen LogP contribution in [0.25, 0.3) is 0 Å². The zero-order valence-corrected chi connectivity index (χ0v) is 25.8. The monoisotopic (exact) mass is 488 g/mol. The van der Waals surface area contributed by atoms with Crippen LogP contribution in [-0.2, 0) is 16.5 Å². The molecule has 10 heteroatoms. The van der Waals surface area contributed by atoms with Crippen LogP contribution < -0.4 is 0 Å². The van der Waals surface area contributed by atoms with Crippen molar-refractivity contribution in [3.05, 3.63) is 0 Å². The molecule has 0 fully saturated rings. The van der Waals surface area contributed by atoms with Crippen LogP contribution in [0.15, 0.2) is 0 Å². The van der Waals surface area contributed by atoms with Gasteiger partial charge in [0.25, 0.3) is 7.63 Å². The highest BCUT2D eigenvalue weighted by Gasteiger charge is 2.47. The maximum absolute atomic E-state index is 7.10. The molecule has 164 valence electrons. The molecule has 0 aliphatic heterocycles. The van der Waals surface area contributed by atoms with E-state index in [0.29, 0.717) is 11.8 Å². The van der Waals surface area contributed by atoms with Crippen LogP contribution in [0.5, 0.6) is 0 Å². The van der Waals surface area contributed by atoms with Crippen LogP contribution in [-0.4, -0.2) is 41.6 Å². The van der Waals surface area contributed by atoms with Crippen LogP contribution in [0.4, 0.5) is 0 Å². The number of hydrogen-bond acceptors (Lipinski definition) is 4. The largest absolute Gasteiger partial charge is 0.437 e. The van der Waals surface area contributed by atoms with E-state index < -0.39 is 41.6 Å². The summed E-state index contributed by atoms with van der Waals surface area (Å²) in [4.78, 5) is 0. The van der Waals surface area contributed by atoms with Crippen molar-refractivity contribution in [3.63, 3.8) is 0 Å². The molecule has 0 saturated heterocycles. The van der Waals surface area contributed by atoms with Crippen LogP contribution in [0.2, 0.25) is 71.0 Å². The van der Waals surface area contributed by atoms with Gasteiger partial charge in [-0.05, 0) is 82.8 Å². The first-order valence-electron chi connectivity index (χ1n) is 10.2. The van der Waals surface area contributed by atoms with Crippen LogP contribution in [0, 0.1) is 11.8 Å². The normalized spacial score (nSPS) is 15.1. The highest BCUT2D eigenvalue weighted by molar-refractivity contribution is 7.19. The number of hydrogen-bond donors (Lipinski definition) is 0. The summed E-state index contributed by atoms with van der Waals surface area (Å²) < 4.78 is 26.1. The van der Waals surface area contributed by atoms with E-state index in [1.54, 1.807) is 0 Å². The second kappa shape index (κ2) is 10.0. The Balaban J connectivity index is 5.23. The van der Waals surface area contributed by atoms with Gasteiger partial charge in [0, 0.05) is 0 Å². The maximum atomic E-state index is 7.10. The fraction of sp³-hybridized carbons (Fsp3) is 1.00. The molecule has 0 radical (unpaired) electrons. The molecular weight excluding hydrogens is 444 g/mol. The highest BCUT2D eigenvalue weighted by Crippen LogP contribution is 2.34. The lowest BCUT2D eigenvalue weighted by atomic mass is 10.3. The van der Waals surface area contributed by atoms with E-state index in [2.05, 4.69) is 86.6 Å². The van der Waals surface area contributed by atoms with Gasteiger partial charge in [0.2, 0.25) is 0 Å². The van der Waals surface area contributed by atoms with Gasteiger partial charge in [0.1, 0.15) is 0 Å². The predicted octanol–water partition coefficient (Wildman–Crippen LogP) is 6.99. The Morgan fingerprint density at radius 2 is 0.852 bits per heavy atom. The molecule has 0 N–H and O–H groups in total. The predicted molar refractivity (Wildman–Crippen MR) is 131 cm³/mol. The summed E-state index contributed by atoms with van der Waals surface area (Å²) in [5, 5.41) is 0. The zero-order valence-electron chi connectivity index (χ0n) is 20.1. The molecule has 0 aliphatic carbocycles. The number of rotatable bonds is 12. The van der Waals surface area contributed by atoms with E-state index >= 15 is 0 Å². The Kier molecular flexibility index (Phi) is 10.5.